The van der Waals surface area contributed by atoms with Crippen molar-refractivity contribution in [3.8, 4) is 0 Å². The highest BCUT2D eigenvalue weighted by Gasteiger charge is 2.25. The molecule has 2 aromatic heterocycles. The van der Waals surface area contributed by atoms with Gasteiger partial charge in [-0.3, -0.25) is 9.98 Å². The van der Waals surface area contributed by atoms with Crippen LogP contribution in [0.3, 0.4) is 0 Å². The van der Waals surface area contributed by atoms with Crippen LogP contribution in [0.15, 0.2) is 70.5 Å². The normalized spacial score (nSPS) is 18.7. The second-order valence-corrected chi connectivity index (χ2v) is 8.70. The number of rotatable bonds is 4. The summed E-state index contributed by atoms with van der Waals surface area (Å²) in [5, 5.41) is 2.51. The SMILES string of the molecule is C1=C(C2=NC(CC3CCN(c4nccc5ccccc45)CC3)=NC2)Cc2ccncc21. The molecule has 0 atom stereocenters. The molecule has 0 spiro atoms. The minimum absolute atomic E-state index is 0.645. The van der Waals surface area contributed by atoms with Gasteiger partial charge in [-0.1, -0.05) is 24.3 Å². The van der Waals surface area contributed by atoms with Crippen molar-refractivity contribution in [3.63, 3.8) is 0 Å². The zero-order chi connectivity index (χ0) is 20.6. The van der Waals surface area contributed by atoms with Gasteiger partial charge in [0, 0.05) is 49.9 Å². The van der Waals surface area contributed by atoms with Gasteiger partial charge in [-0.15, -0.1) is 0 Å². The van der Waals surface area contributed by atoms with E-state index >= 15 is 0 Å². The summed E-state index contributed by atoms with van der Waals surface area (Å²) in [4.78, 5) is 21.1. The molecule has 0 unspecified atom stereocenters. The van der Waals surface area contributed by atoms with Gasteiger partial charge in [0.1, 0.15) is 11.7 Å². The minimum Gasteiger partial charge on any atom is -0.356 e. The lowest BCUT2D eigenvalue weighted by Crippen LogP contribution is -2.34. The van der Waals surface area contributed by atoms with Crippen LogP contribution in [-0.2, 0) is 6.42 Å². The summed E-state index contributed by atoms with van der Waals surface area (Å²) in [6.07, 6.45) is 12.2. The number of pyridine rings is 2. The molecule has 3 aromatic rings. The van der Waals surface area contributed by atoms with Crippen molar-refractivity contribution in [2.45, 2.75) is 25.7 Å². The van der Waals surface area contributed by atoms with Crippen molar-refractivity contribution >= 4 is 34.2 Å². The highest BCUT2D eigenvalue weighted by atomic mass is 15.2. The molecule has 6 rings (SSSR count). The summed E-state index contributed by atoms with van der Waals surface area (Å²) in [7, 11) is 0. The van der Waals surface area contributed by atoms with E-state index in [-0.39, 0.29) is 0 Å². The predicted octanol–water partition coefficient (Wildman–Crippen LogP) is 4.73. The van der Waals surface area contributed by atoms with Gasteiger partial charge in [-0.25, -0.2) is 9.98 Å². The summed E-state index contributed by atoms with van der Waals surface area (Å²) in [6, 6.07) is 12.7. The Balaban J connectivity index is 1.09. The van der Waals surface area contributed by atoms with Crippen LogP contribution in [0.5, 0.6) is 0 Å². The predicted molar refractivity (Wildman–Crippen MR) is 127 cm³/mol. The lowest BCUT2D eigenvalue weighted by molar-refractivity contribution is 0.416. The van der Waals surface area contributed by atoms with E-state index in [9.17, 15) is 0 Å². The molecule has 0 amide bonds. The molecule has 1 fully saturated rings. The van der Waals surface area contributed by atoms with Crippen LogP contribution in [0.1, 0.15) is 30.4 Å². The Morgan fingerprint density at radius 1 is 1.00 bits per heavy atom. The van der Waals surface area contributed by atoms with E-state index in [0.29, 0.717) is 5.92 Å². The monoisotopic (exact) mass is 407 g/mol. The topological polar surface area (TPSA) is 53.7 Å². The van der Waals surface area contributed by atoms with Crippen LogP contribution in [0.2, 0.25) is 0 Å². The minimum atomic E-state index is 0.645. The van der Waals surface area contributed by atoms with Gasteiger partial charge in [0.15, 0.2) is 0 Å². The van der Waals surface area contributed by atoms with E-state index in [0.717, 1.165) is 62.7 Å². The molecular weight excluding hydrogens is 382 g/mol. The quantitative estimate of drug-likeness (QED) is 0.628. The van der Waals surface area contributed by atoms with Gasteiger partial charge >= 0.3 is 0 Å². The van der Waals surface area contributed by atoms with Crippen LogP contribution in [0.25, 0.3) is 16.8 Å². The number of hydrogen-bond acceptors (Lipinski definition) is 5. The molecule has 1 aromatic carbocycles. The van der Waals surface area contributed by atoms with Crippen molar-refractivity contribution in [2.24, 2.45) is 15.9 Å². The number of nitrogens with zero attached hydrogens (tertiary/aromatic N) is 5. The van der Waals surface area contributed by atoms with Crippen LogP contribution in [0.4, 0.5) is 5.82 Å². The van der Waals surface area contributed by atoms with E-state index in [1.807, 2.05) is 18.6 Å². The van der Waals surface area contributed by atoms with Gasteiger partial charge in [0.05, 0.1) is 12.3 Å². The van der Waals surface area contributed by atoms with Crippen molar-refractivity contribution < 1.29 is 0 Å². The smallest absolute Gasteiger partial charge is 0.136 e. The van der Waals surface area contributed by atoms with E-state index in [4.69, 9.17) is 15.0 Å². The molecule has 1 saturated heterocycles. The summed E-state index contributed by atoms with van der Waals surface area (Å²) < 4.78 is 0. The number of benzene rings is 1. The first-order valence-electron chi connectivity index (χ1n) is 11.2. The largest absolute Gasteiger partial charge is 0.356 e. The summed E-state index contributed by atoms with van der Waals surface area (Å²) >= 11 is 0. The Bertz CT molecular complexity index is 1230. The highest BCUT2D eigenvalue weighted by Crippen LogP contribution is 2.31. The molecule has 0 saturated carbocycles. The maximum Gasteiger partial charge on any atom is 0.136 e. The van der Waals surface area contributed by atoms with Crippen LogP contribution in [-0.4, -0.2) is 41.1 Å². The fraction of sp³-hybridized carbons (Fsp3) is 0.308. The number of anilines is 1. The molecule has 5 nitrogen and oxygen atoms in total. The fourth-order valence-corrected chi connectivity index (χ4v) is 4.99. The van der Waals surface area contributed by atoms with Crippen LogP contribution in [0, 0.1) is 5.92 Å². The zero-order valence-corrected chi connectivity index (χ0v) is 17.5. The number of hydrogen-bond donors (Lipinski definition) is 0. The molecule has 2 aliphatic heterocycles. The summed E-state index contributed by atoms with van der Waals surface area (Å²) in [6.45, 7) is 2.81. The van der Waals surface area contributed by atoms with E-state index in [1.165, 1.54) is 27.5 Å². The Labute approximate surface area is 182 Å². The van der Waals surface area contributed by atoms with Crippen LogP contribution < -0.4 is 4.90 Å². The van der Waals surface area contributed by atoms with Crippen molar-refractivity contribution in [1.82, 2.24) is 9.97 Å². The first kappa shape index (κ1) is 18.4. The average molecular weight is 408 g/mol. The molecule has 4 heterocycles. The summed E-state index contributed by atoms with van der Waals surface area (Å²) in [5.74, 6) is 2.80. The van der Waals surface area contributed by atoms with Gasteiger partial charge in [0.25, 0.3) is 0 Å². The fourth-order valence-electron chi connectivity index (χ4n) is 4.99. The molecule has 1 aliphatic carbocycles. The number of piperidine rings is 1. The van der Waals surface area contributed by atoms with Crippen molar-refractivity contribution in [1.29, 1.82) is 0 Å². The Kier molecular flexibility index (Phi) is 4.59. The molecule has 0 radical (unpaired) electrons. The third kappa shape index (κ3) is 3.54. The maximum absolute atomic E-state index is 4.92. The van der Waals surface area contributed by atoms with E-state index < -0.39 is 0 Å². The second kappa shape index (κ2) is 7.73. The zero-order valence-electron chi connectivity index (χ0n) is 17.5. The van der Waals surface area contributed by atoms with Gasteiger partial charge in [-0.2, -0.15) is 0 Å². The molecule has 3 aliphatic rings. The second-order valence-electron chi connectivity index (χ2n) is 8.70. The molecule has 154 valence electrons. The van der Waals surface area contributed by atoms with Gasteiger partial charge in [0.2, 0.25) is 0 Å². The first-order valence-corrected chi connectivity index (χ1v) is 11.2. The molecule has 31 heavy (non-hydrogen) atoms. The van der Waals surface area contributed by atoms with Crippen LogP contribution >= 0.6 is 0 Å². The Morgan fingerprint density at radius 3 is 2.81 bits per heavy atom. The van der Waals surface area contributed by atoms with Gasteiger partial charge < -0.3 is 4.90 Å². The molecular formula is C26H25N5. The lowest BCUT2D eigenvalue weighted by atomic mass is 9.93. The maximum atomic E-state index is 4.92. The highest BCUT2D eigenvalue weighted by molar-refractivity contribution is 6.15. The lowest BCUT2D eigenvalue weighted by Gasteiger charge is -2.33. The third-order valence-corrected chi connectivity index (χ3v) is 6.74. The van der Waals surface area contributed by atoms with E-state index in [2.05, 4.69) is 52.4 Å². The number of fused-ring (bicyclic) bond motifs is 2. The number of aliphatic imine (C=N–C) groups is 2. The van der Waals surface area contributed by atoms with E-state index in [1.54, 1.807) is 0 Å². The van der Waals surface area contributed by atoms with Gasteiger partial charge in [-0.05, 0) is 59.1 Å². The number of aromatic nitrogens is 2. The molecule has 0 N–H and O–H groups in total. The first-order chi connectivity index (χ1) is 15.3. The molecule has 5 heteroatoms. The third-order valence-electron chi connectivity index (χ3n) is 6.74. The number of amidine groups is 1. The molecule has 0 bridgehead atoms. The Hall–Kier alpha value is -3.34. The van der Waals surface area contributed by atoms with Crippen molar-refractivity contribution in [2.75, 3.05) is 24.5 Å². The average Bonchev–Trinajstić information content (AvgIpc) is 3.46. The standard InChI is InChI=1S/C26H25N5/c1-2-4-23-19(3-1)6-10-28-26(23)31-11-7-18(8-12-31)13-25-29-17-24(30-25)21-14-20-5-9-27-16-22(20)15-21/h1-6,9-10,15-16,18H,7-8,11-14,17H2. The Morgan fingerprint density at radius 2 is 1.90 bits per heavy atom. The van der Waals surface area contributed by atoms with Crippen molar-refractivity contribution in [3.05, 3.63) is 71.7 Å². The summed E-state index contributed by atoms with van der Waals surface area (Å²) in [5.41, 5.74) is 5.01.